The summed E-state index contributed by atoms with van der Waals surface area (Å²) in [5, 5.41) is 17.2. The molecule has 0 radical (unpaired) electrons. The minimum absolute atomic E-state index is 0.103. The van der Waals surface area contributed by atoms with Crippen molar-refractivity contribution in [2.24, 2.45) is 0 Å². The fourth-order valence-electron chi connectivity index (χ4n) is 2.62. The van der Waals surface area contributed by atoms with Crippen LogP contribution in [0.15, 0.2) is 48.6 Å². The third kappa shape index (κ3) is 1.71. The molecule has 1 aliphatic heterocycles. The molecule has 104 valence electrons. The predicted octanol–water partition coefficient (Wildman–Crippen LogP) is 1.74. The van der Waals surface area contributed by atoms with E-state index >= 15 is 0 Å². The van der Waals surface area contributed by atoms with Crippen molar-refractivity contribution < 1.29 is 9.90 Å². The molecular formula is C14H11N5O2. The summed E-state index contributed by atoms with van der Waals surface area (Å²) in [6, 6.07) is 7.55. The van der Waals surface area contributed by atoms with Gasteiger partial charge in [0.05, 0.1) is 0 Å². The van der Waals surface area contributed by atoms with Crippen LogP contribution in [0.5, 0.6) is 0 Å². The normalized spacial score (nSPS) is 17.1. The highest BCUT2D eigenvalue weighted by Gasteiger charge is 2.27. The molecule has 21 heavy (non-hydrogen) atoms. The number of carbonyl (C=O) groups is 1. The Kier molecular flexibility index (Phi) is 2.34. The summed E-state index contributed by atoms with van der Waals surface area (Å²) in [6.45, 7) is 0. The highest BCUT2D eigenvalue weighted by atomic mass is 16.4. The van der Waals surface area contributed by atoms with Gasteiger partial charge in [0, 0.05) is 22.7 Å². The van der Waals surface area contributed by atoms with Crippen LogP contribution >= 0.6 is 0 Å². The number of allylic oxidation sites excluding steroid dienone is 1. The van der Waals surface area contributed by atoms with Crippen LogP contribution in [0.25, 0.3) is 10.9 Å². The Morgan fingerprint density at radius 2 is 2.19 bits per heavy atom. The molecule has 0 aliphatic carbocycles. The number of anilines is 1. The molecule has 7 nitrogen and oxygen atoms in total. The smallest absolute Gasteiger partial charge is 0.352 e. The maximum atomic E-state index is 11.3. The highest BCUT2D eigenvalue weighted by molar-refractivity contribution is 5.91. The topological polar surface area (TPSA) is 95.8 Å². The van der Waals surface area contributed by atoms with Crippen molar-refractivity contribution >= 4 is 22.8 Å². The zero-order valence-corrected chi connectivity index (χ0v) is 10.8. The number of aliphatic carboxylic acids is 1. The summed E-state index contributed by atoms with van der Waals surface area (Å²) >= 11 is 0. The lowest BCUT2D eigenvalue weighted by Gasteiger charge is -2.21. The SMILES string of the molecule is O=C(O)C1=CC(c2c[nH]c3ccccc23)n2ncnc2N1. The fraction of sp³-hybridized carbons (Fsp3) is 0.0714. The van der Waals surface area contributed by atoms with E-state index in [0.29, 0.717) is 5.95 Å². The van der Waals surface area contributed by atoms with Gasteiger partial charge >= 0.3 is 5.97 Å². The number of aromatic amines is 1. The van der Waals surface area contributed by atoms with E-state index in [1.54, 1.807) is 10.8 Å². The Balaban J connectivity index is 1.93. The molecule has 3 aromatic rings. The summed E-state index contributed by atoms with van der Waals surface area (Å²) in [5.74, 6) is -0.598. The van der Waals surface area contributed by atoms with E-state index in [-0.39, 0.29) is 11.7 Å². The zero-order valence-electron chi connectivity index (χ0n) is 10.8. The molecule has 0 saturated carbocycles. The van der Waals surface area contributed by atoms with Gasteiger partial charge in [-0.25, -0.2) is 9.48 Å². The average molecular weight is 281 g/mol. The van der Waals surface area contributed by atoms with Crippen LogP contribution in [-0.4, -0.2) is 30.8 Å². The molecule has 1 aromatic carbocycles. The van der Waals surface area contributed by atoms with Gasteiger partial charge in [0.2, 0.25) is 5.95 Å². The third-order valence-corrected chi connectivity index (χ3v) is 3.58. The lowest BCUT2D eigenvalue weighted by atomic mass is 10.0. The van der Waals surface area contributed by atoms with Crippen LogP contribution in [0.4, 0.5) is 5.95 Å². The number of rotatable bonds is 2. The monoisotopic (exact) mass is 281 g/mol. The van der Waals surface area contributed by atoms with Crippen LogP contribution in [0.3, 0.4) is 0 Å². The van der Waals surface area contributed by atoms with E-state index in [2.05, 4.69) is 20.4 Å². The number of aromatic nitrogens is 4. The zero-order chi connectivity index (χ0) is 14.4. The van der Waals surface area contributed by atoms with Gasteiger partial charge in [-0.05, 0) is 12.1 Å². The molecule has 1 unspecified atom stereocenters. The first-order valence-electron chi connectivity index (χ1n) is 6.41. The van der Waals surface area contributed by atoms with Crippen LogP contribution in [0, 0.1) is 0 Å². The molecule has 0 spiro atoms. The van der Waals surface area contributed by atoms with E-state index in [4.69, 9.17) is 0 Å². The van der Waals surface area contributed by atoms with Gasteiger partial charge in [-0.15, -0.1) is 0 Å². The molecular weight excluding hydrogens is 270 g/mol. The second kappa shape index (κ2) is 4.20. The number of nitrogens with zero attached hydrogens (tertiary/aromatic N) is 3. The van der Waals surface area contributed by atoms with E-state index < -0.39 is 5.97 Å². The second-order valence-electron chi connectivity index (χ2n) is 4.77. The highest BCUT2D eigenvalue weighted by Crippen LogP contribution is 2.32. The Morgan fingerprint density at radius 1 is 1.33 bits per heavy atom. The summed E-state index contributed by atoms with van der Waals surface area (Å²) in [6.07, 6.45) is 4.92. The molecule has 2 aromatic heterocycles. The molecule has 7 heteroatoms. The third-order valence-electron chi connectivity index (χ3n) is 3.58. The number of hydrogen-bond acceptors (Lipinski definition) is 4. The first kappa shape index (κ1) is 11.7. The van der Waals surface area contributed by atoms with Crippen molar-refractivity contribution in [2.75, 3.05) is 5.32 Å². The Hall–Kier alpha value is -3.09. The molecule has 0 amide bonds. The minimum Gasteiger partial charge on any atom is -0.477 e. The molecule has 0 bridgehead atoms. The van der Waals surface area contributed by atoms with Crippen molar-refractivity contribution in [3.8, 4) is 0 Å². The molecule has 0 saturated heterocycles. The van der Waals surface area contributed by atoms with E-state index in [1.807, 2.05) is 30.5 Å². The second-order valence-corrected chi connectivity index (χ2v) is 4.77. The van der Waals surface area contributed by atoms with Gasteiger partial charge < -0.3 is 15.4 Å². The van der Waals surface area contributed by atoms with Gasteiger partial charge in [-0.3, -0.25) is 0 Å². The fourth-order valence-corrected chi connectivity index (χ4v) is 2.62. The summed E-state index contributed by atoms with van der Waals surface area (Å²) < 4.78 is 1.67. The van der Waals surface area contributed by atoms with Crippen molar-refractivity contribution in [2.45, 2.75) is 6.04 Å². The summed E-state index contributed by atoms with van der Waals surface area (Å²) in [4.78, 5) is 18.5. The lowest BCUT2D eigenvalue weighted by Crippen LogP contribution is -2.24. The molecule has 3 heterocycles. The first-order chi connectivity index (χ1) is 10.2. The van der Waals surface area contributed by atoms with Crippen molar-refractivity contribution in [1.82, 2.24) is 19.7 Å². The van der Waals surface area contributed by atoms with Crippen molar-refractivity contribution in [1.29, 1.82) is 0 Å². The Morgan fingerprint density at radius 3 is 3.05 bits per heavy atom. The van der Waals surface area contributed by atoms with Gasteiger partial charge in [0.1, 0.15) is 18.1 Å². The van der Waals surface area contributed by atoms with Crippen LogP contribution in [0.1, 0.15) is 11.6 Å². The van der Waals surface area contributed by atoms with Crippen LogP contribution in [-0.2, 0) is 4.79 Å². The largest absolute Gasteiger partial charge is 0.477 e. The summed E-state index contributed by atoms with van der Waals surface area (Å²) in [7, 11) is 0. The average Bonchev–Trinajstić information content (AvgIpc) is 3.12. The number of hydrogen-bond donors (Lipinski definition) is 3. The summed E-state index contributed by atoms with van der Waals surface area (Å²) in [5.41, 5.74) is 2.06. The van der Waals surface area contributed by atoms with Crippen LogP contribution < -0.4 is 5.32 Å². The number of carboxylic acid groups (broad SMARTS) is 1. The van der Waals surface area contributed by atoms with Gasteiger partial charge in [-0.1, -0.05) is 18.2 Å². The number of nitrogens with one attached hydrogen (secondary N) is 2. The van der Waals surface area contributed by atoms with Gasteiger partial charge in [-0.2, -0.15) is 10.1 Å². The standard InChI is InChI=1S/C14H11N5O2/c20-13(21)11-5-12(19-14(18-11)16-7-17-19)9-6-15-10-4-2-1-3-8(9)10/h1-7,12,15H,(H,20,21)(H,16,17,18). The first-order valence-corrected chi connectivity index (χ1v) is 6.41. The van der Waals surface area contributed by atoms with Gasteiger partial charge in [0.25, 0.3) is 0 Å². The number of para-hydroxylation sites is 1. The van der Waals surface area contributed by atoms with E-state index in [9.17, 15) is 9.90 Å². The number of H-pyrrole nitrogens is 1. The van der Waals surface area contributed by atoms with E-state index in [1.165, 1.54) is 6.33 Å². The molecule has 3 N–H and O–H groups in total. The minimum atomic E-state index is -1.02. The Labute approximate surface area is 118 Å². The lowest BCUT2D eigenvalue weighted by molar-refractivity contribution is -0.132. The predicted molar refractivity (Wildman–Crippen MR) is 75.8 cm³/mol. The molecule has 1 aliphatic rings. The van der Waals surface area contributed by atoms with Crippen LogP contribution in [0.2, 0.25) is 0 Å². The quantitative estimate of drug-likeness (QED) is 0.665. The number of benzene rings is 1. The number of carboxylic acids is 1. The molecule has 1 atom stereocenters. The molecule has 0 fully saturated rings. The van der Waals surface area contributed by atoms with Crippen molar-refractivity contribution in [3.63, 3.8) is 0 Å². The number of fused-ring (bicyclic) bond motifs is 2. The van der Waals surface area contributed by atoms with Crippen molar-refractivity contribution in [3.05, 3.63) is 54.1 Å². The maximum Gasteiger partial charge on any atom is 0.352 e. The molecule has 4 rings (SSSR count). The Bertz CT molecular complexity index is 876. The van der Waals surface area contributed by atoms with E-state index in [0.717, 1.165) is 16.5 Å². The maximum absolute atomic E-state index is 11.3. The van der Waals surface area contributed by atoms with Gasteiger partial charge in [0.15, 0.2) is 0 Å².